The van der Waals surface area contributed by atoms with Crippen molar-refractivity contribution in [2.45, 2.75) is 25.0 Å². The molecule has 0 saturated heterocycles. The highest BCUT2D eigenvalue weighted by atomic mass is 32.2. The zero-order valence-corrected chi connectivity index (χ0v) is 18.2. The number of methoxy groups -OCH3 is 1. The smallest absolute Gasteiger partial charge is 0.255 e. The van der Waals surface area contributed by atoms with Gasteiger partial charge in [0.15, 0.2) is 0 Å². The predicted molar refractivity (Wildman–Crippen MR) is 119 cm³/mol. The molecule has 1 aliphatic heterocycles. The van der Waals surface area contributed by atoms with Gasteiger partial charge in [-0.3, -0.25) is 4.79 Å². The number of ether oxygens (including phenoxy) is 1. The Balaban J connectivity index is 1.80. The number of nitrogens with one attached hydrogen (secondary N) is 2. The van der Waals surface area contributed by atoms with E-state index in [1.165, 1.54) is 24.9 Å². The van der Waals surface area contributed by atoms with E-state index in [9.17, 15) is 9.18 Å². The number of nitrogens with zero attached hydrogens (tertiary/aromatic N) is 3. The molecule has 9 heteroatoms. The number of fused-ring (bicyclic) bond motifs is 1. The number of benzene rings is 2. The van der Waals surface area contributed by atoms with Crippen LogP contribution in [-0.4, -0.2) is 33.5 Å². The van der Waals surface area contributed by atoms with Gasteiger partial charge in [-0.25, -0.2) is 9.07 Å². The first-order chi connectivity index (χ1) is 15.0. The molecule has 1 amide bonds. The van der Waals surface area contributed by atoms with Crippen LogP contribution < -0.4 is 15.4 Å². The Morgan fingerprint density at radius 1 is 1.26 bits per heavy atom. The van der Waals surface area contributed by atoms with E-state index in [1.54, 1.807) is 48.0 Å². The van der Waals surface area contributed by atoms with E-state index in [-0.39, 0.29) is 5.91 Å². The molecule has 4 rings (SSSR count). The molecule has 0 bridgehead atoms. The average molecular weight is 440 g/mol. The summed E-state index contributed by atoms with van der Waals surface area (Å²) in [7, 11) is 1.54. The van der Waals surface area contributed by atoms with Crippen molar-refractivity contribution in [3.8, 4) is 5.75 Å². The maximum atomic E-state index is 14.9. The molecule has 0 radical (unpaired) electrons. The van der Waals surface area contributed by atoms with E-state index in [0.717, 1.165) is 5.75 Å². The van der Waals surface area contributed by atoms with Crippen LogP contribution >= 0.6 is 11.8 Å². The van der Waals surface area contributed by atoms with E-state index in [0.29, 0.717) is 39.4 Å². The van der Waals surface area contributed by atoms with Crippen molar-refractivity contribution in [2.75, 3.05) is 23.5 Å². The van der Waals surface area contributed by atoms with E-state index >= 15 is 0 Å². The molecule has 0 saturated carbocycles. The van der Waals surface area contributed by atoms with Gasteiger partial charge in [-0.2, -0.15) is 4.98 Å². The fourth-order valence-corrected chi connectivity index (χ4v) is 4.09. The van der Waals surface area contributed by atoms with E-state index < -0.39 is 11.9 Å². The number of thioether (sulfide) groups is 1. The van der Waals surface area contributed by atoms with Crippen LogP contribution in [0, 0.1) is 5.82 Å². The summed E-state index contributed by atoms with van der Waals surface area (Å²) in [5, 5.41) is 11.1. The summed E-state index contributed by atoms with van der Waals surface area (Å²) in [6.45, 7) is 3.78. The normalized spacial score (nSPS) is 15.3. The van der Waals surface area contributed by atoms with E-state index in [1.807, 2.05) is 13.0 Å². The zero-order valence-electron chi connectivity index (χ0n) is 17.3. The minimum Gasteiger partial charge on any atom is -0.495 e. The van der Waals surface area contributed by atoms with Crippen molar-refractivity contribution in [1.29, 1.82) is 0 Å². The molecule has 2 N–H and O–H groups in total. The number of amides is 1. The van der Waals surface area contributed by atoms with Crippen LogP contribution in [0.2, 0.25) is 0 Å². The fraction of sp³-hybridized carbons (Fsp3) is 0.227. The van der Waals surface area contributed by atoms with Gasteiger partial charge < -0.3 is 15.4 Å². The molecule has 0 unspecified atom stereocenters. The van der Waals surface area contributed by atoms with Crippen molar-refractivity contribution in [2.24, 2.45) is 0 Å². The third kappa shape index (κ3) is 4.00. The lowest BCUT2D eigenvalue weighted by Gasteiger charge is -2.29. The second-order valence-corrected chi connectivity index (χ2v) is 8.07. The number of halogens is 1. The van der Waals surface area contributed by atoms with Crippen LogP contribution in [0.1, 0.15) is 25.5 Å². The number of hydrogen-bond donors (Lipinski definition) is 2. The zero-order chi connectivity index (χ0) is 22.0. The van der Waals surface area contributed by atoms with Crippen molar-refractivity contribution < 1.29 is 13.9 Å². The molecule has 31 heavy (non-hydrogen) atoms. The highest BCUT2D eigenvalue weighted by molar-refractivity contribution is 7.99. The van der Waals surface area contributed by atoms with E-state index in [2.05, 4.69) is 20.7 Å². The van der Waals surface area contributed by atoms with Gasteiger partial charge in [-0.05, 0) is 30.9 Å². The topological polar surface area (TPSA) is 81.1 Å². The molecule has 0 spiro atoms. The largest absolute Gasteiger partial charge is 0.495 e. The monoisotopic (exact) mass is 439 g/mol. The lowest BCUT2D eigenvalue weighted by Crippen LogP contribution is -2.32. The lowest BCUT2D eigenvalue weighted by molar-refractivity contribution is -0.113. The van der Waals surface area contributed by atoms with Gasteiger partial charge in [0.05, 0.1) is 18.4 Å². The minimum absolute atomic E-state index is 0.340. The predicted octanol–water partition coefficient (Wildman–Crippen LogP) is 4.47. The molecular formula is C22H22FN5O2S. The van der Waals surface area contributed by atoms with Crippen LogP contribution in [0.5, 0.6) is 5.75 Å². The minimum atomic E-state index is -0.772. The molecular weight excluding hydrogens is 417 g/mol. The molecule has 160 valence electrons. The third-order valence-corrected chi connectivity index (χ3v) is 5.63. The Hall–Kier alpha value is -3.33. The second kappa shape index (κ2) is 8.81. The van der Waals surface area contributed by atoms with Gasteiger partial charge in [0.2, 0.25) is 11.1 Å². The number of hydrogen-bond acceptors (Lipinski definition) is 6. The number of para-hydroxylation sites is 2. The Labute approximate surface area is 183 Å². The molecule has 1 atom stereocenters. The van der Waals surface area contributed by atoms with Gasteiger partial charge in [0.25, 0.3) is 5.91 Å². The Kier molecular flexibility index (Phi) is 5.94. The summed E-state index contributed by atoms with van der Waals surface area (Å²) in [5.41, 5.74) is 1.79. The average Bonchev–Trinajstić information content (AvgIpc) is 3.15. The highest BCUT2D eigenvalue weighted by Crippen LogP contribution is 2.38. The first kappa shape index (κ1) is 20.9. The third-order valence-electron chi connectivity index (χ3n) is 4.91. The molecule has 0 aliphatic carbocycles. The second-order valence-electron chi connectivity index (χ2n) is 6.84. The maximum absolute atomic E-state index is 14.9. The quantitative estimate of drug-likeness (QED) is 0.552. The first-order valence-electron chi connectivity index (χ1n) is 9.79. The van der Waals surface area contributed by atoms with Crippen LogP contribution in [0.25, 0.3) is 0 Å². The number of aromatic nitrogens is 3. The number of carbonyl (C=O) groups is 1. The summed E-state index contributed by atoms with van der Waals surface area (Å²) in [5.74, 6) is 0.991. The summed E-state index contributed by atoms with van der Waals surface area (Å²) in [6.07, 6.45) is 0. The van der Waals surface area contributed by atoms with Gasteiger partial charge >= 0.3 is 0 Å². The standard InChI is InChI=1S/C22H22FN5O2S/c1-4-31-22-26-21-24-13(2)18(20(29)25-16-11-7-8-12-17(16)30-3)19(28(21)27-22)14-9-5-6-10-15(14)23/h5-12,19H,4H2,1-3H3,(H,25,29)(H,24,26,27)/t19-/m1/s1. The summed E-state index contributed by atoms with van der Waals surface area (Å²) in [4.78, 5) is 17.9. The number of allylic oxidation sites excluding steroid dienone is 1. The van der Waals surface area contributed by atoms with Gasteiger partial charge in [-0.1, -0.05) is 49.0 Å². The molecule has 2 heterocycles. The Morgan fingerprint density at radius 3 is 2.74 bits per heavy atom. The van der Waals surface area contributed by atoms with Crippen molar-refractivity contribution >= 4 is 29.3 Å². The van der Waals surface area contributed by atoms with Crippen molar-refractivity contribution in [3.63, 3.8) is 0 Å². The summed E-state index contributed by atoms with van der Waals surface area (Å²) in [6, 6.07) is 12.7. The van der Waals surface area contributed by atoms with Crippen molar-refractivity contribution in [1.82, 2.24) is 14.8 Å². The van der Waals surface area contributed by atoms with Crippen molar-refractivity contribution in [3.05, 3.63) is 71.2 Å². The fourth-order valence-electron chi connectivity index (χ4n) is 3.54. The van der Waals surface area contributed by atoms with Crippen LogP contribution in [-0.2, 0) is 4.79 Å². The number of rotatable bonds is 6. The van der Waals surface area contributed by atoms with Gasteiger partial charge in [0.1, 0.15) is 17.6 Å². The van der Waals surface area contributed by atoms with Crippen LogP contribution in [0.15, 0.2) is 65.0 Å². The van der Waals surface area contributed by atoms with Gasteiger partial charge in [0, 0.05) is 11.3 Å². The lowest BCUT2D eigenvalue weighted by atomic mass is 9.94. The molecule has 1 aromatic heterocycles. The SMILES string of the molecule is CCSc1nc2n(n1)[C@H](c1ccccc1F)C(C(=O)Nc1ccccc1OC)=C(C)N2. The molecule has 2 aromatic carbocycles. The summed E-state index contributed by atoms with van der Waals surface area (Å²) < 4.78 is 21.8. The number of anilines is 2. The molecule has 0 fully saturated rings. The van der Waals surface area contributed by atoms with Crippen LogP contribution in [0.4, 0.5) is 16.0 Å². The van der Waals surface area contributed by atoms with Crippen LogP contribution in [0.3, 0.4) is 0 Å². The number of carbonyl (C=O) groups excluding carboxylic acids is 1. The molecule has 3 aromatic rings. The maximum Gasteiger partial charge on any atom is 0.255 e. The van der Waals surface area contributed by atoms with Gasteiger partial charge in [-0.15, -0.1) is 5.10 Å². The van der Waals surface area contributed by atoms with E-state index in [4.69, 9.17) is 4.74 Å². The Bertz CT molecular complexity index is 1160. The molecule has 1 aliphatic rings. The summed E-state index contributed by atoms with van der Waals surface area (Å²) >= 11 is 1.48. The Morgan fingerprint density at radius 2 is 2.00 bits per heavy atom. The first-order valence-corrected chi connectivity index (χ1v) is 10.8. The molecule has 7 nitrogen and oxygen atoms in total. The highest BCUT2D eigenvalue weighted by Gasteiger charge is 2.36.